The lowest BCUT2D eigenvalue weighted by molar-refractivity contribution is -0.402. The molecule has 3 rings (SSSR count). The number of thiazole rings is 1. The van der Waals surface area contributed by atoms with Gasteiger partial charge in [-0.1, -0.05) is 17.4 Å². The van der Waals surface area contributed by atoms with Crippen LogP contribution in [0.4, 0.5) is 5.88 Å². The van der Waals surface area contributed by atoms with E-state index >= 15 is 0 Å². The summed E-state index contributed by atoms with van der Waals surface area (Å²) in [6.45, 7) is 3.95. The highest BCUT2D eigenvalue weighted by Crippen LogP contribution is 2.22. The Labute approximate surface area is 156 Å². The molecule has 2 aromatic heterocycles. The Hall–Kier alpha value is -3.09. The molecule has 12 heteroatoms. The quantitative estimate of drug-likeness (QED) is 0.386. The summed E-state index contributed by atoms with van der Waals surface area (Å²) in [5.41, 5.74) is 0.629. The number of furan rings is 1. The number of amides is 1. The molecule has 0 radical (unpaired) electrons. The van der Waals surface area contributed by atoms with Crippen LogP contribution in [0, 0.1) is 10.1 Å². The van der Waals surface area contributed by atoms with Gasteiger partial charge in [-0.15, -0.1) is 6.58 Å². The maximum Gasteiger partial charge on any atom is 0.433 e. The molecule has 0 saturated carbocycles. The van der Waals surface area contributed by atoms with Gasteiger partial charge in [-0.2, -0.15) is 4.99 Å². The summed E-state index contributed by atoms with van der Waals surface area (Å²) >= 11 is 1.06. The monoisotopic (exact) mass is 408 g/mol. The van der Waals surface area contributed by atoms with Crippen LogP contribution < -0.4 is 9.94 Å². The van der Waals surface area contributed by atoms with E-state index in [0.29, 0.717) is 16.8 Å². The fourth-order valence-electron chi connectivity index (χ4n) is 2.30. The zero-order chi connectivity index (χ0) is 19.8. The van der Waals surface area contributed by atoms with Gasteiger partial charge in [-0.05, 0) is 24.3 Å². The van der Waals surface area contributed by atoms with Crippen LogP contribution in [0.15, 0.2) is 57.3 Å². The van der Waals surface area contributed by atoms with Gasteiger partial charge in [0.25, 0.3) is 0 Å². The highest BCUT2D eigenvalue weighted by Gasteiger charge is 2.18. The number of carbonyl (C=O) groups is 1. The van der Waals surface area contributed by atoms with Gasteiger partial charge in [0.05, 0.1) is 21.2 Å². The highest BCUT2D eigenvalue weighted by molar-refractivity contribution is 7.89. The van der Waals surface area contributed by atoms with E-state index in [0.717, 1.165) is 23.5 Å². The number of carbonyl (C=O) groups excluding carboxylic acids is 1. The average Bonchev–Trinajstić information content (AvgIpc) is 3.20. The third-order valence-corrected chi connectivity index (χ3v) is 5.43. The SMILES string of the molecule is C=CCn1c(=NC(=O)c2ccc([N+](=O)[O-])o2)sc2cc(S(N)(=O)=O)ccc21. The molecule has 10 nitrogen and oxygen atoms in total. The molecule has 140 valence electrons. The Bertz CT molecular complexity index is 1250. The van der Waals surface area contributed by atoms with Crippen molar-refractivity contribution in [3.63, 3.8) is 0 Å². The molecule has 0 spiro atoms. The molecule has 1 amide bonds. The summed E-state index contributed by atoms with van der Waals surface area (Å²) in [4.78, 5) is 26.3. The number of allylic oxidation sites excluding steroid dienone is 1. The van der Waals surface area contributed by atoms with E-state index in [4.69, 9.17) is 9.56 Å². The van der Waals surface area contributed by atoms with Gasteiger partial charge >= 0.3 is 11.8 Å². The molecule has 0 bridgehead atoms. The van der Waals surface area contributed by atoms with Crippen LogP contribution in [0.1, 0.15) is 10.6 Å². The summed E-state index contributed by atoms with van der Waals surface area (Å²) in [6, 6.07) is 6.51. The third-order valence-electron chi connectivity index (χ3n) is 3.47. The molecule has 0 atom stereocenters. The van der Waals surface area contributed by atoms with Crippen LogP contribution >= 0.6 is 11.3 Å². The van der Waals surface area contributed by atoms with Crippen molar-refractivity contribution in [2.24, 2.45) is 10.1 Å². The number of rotatable bonds is 5. The van der Waals surface area contributed by atoms with Crippen LogP contribution in [0.3, 0.4) is 0 Å². The zero-order valence-electron chi connectivity index (χ0n) is 13.6. The molecule has 0 aliphatic carbocycles. The van der Waals surface area contributed by atoms with Gasteiger partial charge in [-0.3, -0.25) is 14.9 Å². The number of nitro groups is 1. The predicted molar refractivity (Wildman–Crippen MR) is 96.6 cm³/mol. The van der Waals surface area contributed by atoms with E-state index in [1.165, 1.54) is 12.1 Å². The smallest absolute Gasteiger partial charge is 0.395 e. The standard InChI is InChI=1S/C15H12N4O6S2/c1-2-7-18-10-4-3-9(27(16,23)24)8-12(10)26-15(18)17-14(20)11-5-6-13(25-11)19(21)22/h2-6,8H,1,7H2,(H2,16,23,24). The second-order valence-corrected chi connectivity index (χ2v) is 7.84. The number of hydrogen-bond acceptors (Lipinski definition) is 7. The number of aromatic nitrogens is 1. The Morgan fingerprint density at radius 2 is 2.15 bits per heavy atom. The van der Waals surface area contributed by atoms with Crippen LogP contribution in [0.5, 0.6) is 0 Å². The first kappa shape index (κ1) is 18.7. The Morgan fingerprint density at radius 1 is 1.41 bits per heavy atom. The highest BCUT2D eigenvalue weighted by atomic mass is 32.2. The molecule has 0 unspecified atom stereocenters. The molecule has 1 aromatic carbocycles. The van der Waals surface area contributed by atoms with E-state index < -0.39 is 26.7 Å². The second-order valence-electron chi connectivity index (χ2n) is 5.27. The second kappa shape index (κ2) is 6.90. The number of fused-ring (bicyclic) bond motifs is 1. The van der Waals surface area contributed by atoms with Crippen LogP contribution in [-0.4, -0.2) is 23.8 Å². The minimum absolute atomic E-state index is 0.0680. The van der Waals surface area contributed by atoms with Crippen molar-refractivity contribution in [2.75, 3.05) is 0 Å². The van der Waals surface area contributed by atoms with Crippen molar-refractivity contribution in [3.8, 4) is 0 Å². The Balaban J connectivity index is 2.14. The number of primary sulfonamides is 1. The summed E-state index contributed by atoms with van der Waals surface area (Å²) in [7, 11) is -3.88. The van der Waals surface area contributed by atoms with E-state index in [1.54, 1.807) is 16.7 Å². The number of nitrogens with two attached hydrogens (primary N) is 1. The molecule has 0 aliphatic rings. The molecule has 0 fully saturated rings. The molecule has 2 N–H and O–H groups in total. The molecule has 2 heterocycles. The number of nitrogens with zero attached hydrogens (tertiary/aromatic N) is 3. The predicted octanol–water partition coefficient (Wildman–Crippen LogP) is 1.78. The molecule has 27 heavy (non-hydrogen) atoms. The van der Waals surface area contributed by atoms with Gasteiger partial charge < -0.3 is 8.98 Å². The fourth-order valence-corrected chi connectivity index (χ4v) is 4.00. The van der Waals surface area contributed by atoms with Gasteiger partial charge in [-0.25, -0.2) is 13.6 Å². The minimum Gasteiger partial charge on any atom is -0.395 e. The third kappa shape index (κ3) is 3.72. The summed E-state index contributed by atoms with van der Waals surface area (Å²) in [5, 5.41) is 15.8. The van der Waals surface area contributed by atoms with E-state index in [-0.39, 0.29) is 15.5 Å². The van der Waals surface area contributed by atoms with Crippen molar-refractivity contribution in [1.29, 1.82) is 0 Å². The molecule has 0 aliphatic heterocycles. The summed E-state index contributed by atoms with van der Waals surface area (Å²) in [6.07, 6.45) is 1.58. The van der Waals surface area contributed by atoms with Crippen molar-refractivity contribution < 1.29 is 22.6 Å². The van der Waals surface area contributed by atoms with Gasteiger partial charge in [0.1, 0.15) is 4.92 Å². The van der Waals surface area contributed by atoms with Gasteiger partial charge in [0.15, 0.2) is 4.80 Å². The normalized spacial score (nSPS) is 12.4. The minimum atomic E-state index is -3.88. The maximum absolute atomic E-state index is 12.3. The first-order chi connectivity index (χ1) is 12.7. The van der Waals surface area contributed by atoms with Gasteiger partial charge in [0, 0.05) is 6.54 Å². The fraction of sp³-hybridized carbons (Fsp3) is 0.0667. The van der Waals surface area contributed by atoms with Gasteiger partial charge in [0.2, 0.25) is 15.8 Å². The van der Waals surface area contributed by atoms with E-state index in [1.807, 2.05) is 0 Å². The first-order valence-corrected chi connectivity index (χ1v) is 9.67. The number of benzene rings is 1. The first-order valence-electron chi connectivity index (χ1n) is 7.31. The lowest BCUT2D eigenvalue weighted by Gasteiger charge is -2.02. The molecule has 3 aromatic rings. The van der Waals surface area contributed by atoms with E-state index in [2.05, 4.69) is 11.6 Å². The molecular weight excluding hydrogens is 396 g/mol. The van der Waals surface area contributed by atoms with Crippen LogP contribution in [0.2, 0.25) is 0 Å². The number of hydrogen-bond donors (Lipinski definition) is 1. The largest absolute Gasteiger partial charge is 0.433 e. The average molecular weight is 408 g/mol. The van der Waals surface area contributed by atoms with Crippen LogP contribution in [0.25, 0.3) is 10.2 Å². The Morgan fingerprint density at radius 3 is 2.74 bits per heavy atom. The lowest BCUT2D eigenvalue weighted by Crippen LogP contribution is -2.16. The summed E-state index contributed by atoms with van der Waals surface area (Å²) < 4.78 is 30.1. The van der Waals surface area contributed by atoms with Crippen molar-refractivity contribution >= 4 is 43.4 Å². The van der Waals surface area contributed by atoms with Crippen molar-refractivity contribution in [3.05, 3.63) is 63.7 Å². The van der Waals surface area contributed by atoms with Crippen LogP contribution in [-0.2, 0) is 16.6 Å². The summed E-state index contributed by atoms with van der Waals surface area (Å²) in [5.74, 6) is -1.66. The van der Waals surface area contributed by atoms with Crippen molar-refractivity contribution in [2.45, 2.75) is 11.4 Å². The lowest BCUT2D eigenvalue weighted by atomic mass is 10.3. The van der Waals surface area contributed by atoms with Crippen molar-refractivity contribution in [1.82, 2.24) is 4.57 Å². The number of sulfonamides is 1. The Kier molecular flexibility index (Phi) is 4.78. The zero-order valence-corrected chi connectivity index (χ0v) is 15.2. The molecule has 0 saturated heterocycles. The molecular formula is C15H12N4O6S2. The van der Waals surface area contributed by atoms with E-state index in [9.17, 15) is 23.3 Å². The maximum atomic E-state index is 12.3. The topological polar surface area (TPSA) is 151 Å².